The van der Waals surface area contributed by atoms with E-state index in [-0.39, 0.29) is 32.7 Å². The summed E-state index contributed by atoms with van der Waals surface area (Å²) in [7, 11) is 0. The predicted octanol–water partition coefficient (Wildman–Crippen LogP) is 6.17. The van der Waals surface area contributed by atoms with Crippen LogP contribution in [-0.2, 0) is 5.60 Å². The standard InChI is InChI=1S/C23H17Cl2F4NO5/c1-10-7-12(9-30-20(10)31)22(34,23(27,28)29)11(2)14-5-6-17(19(25)18(14)24)35-13-3-4-15(21(32)33)16(26)8-13/h3-9,11,34H,1-2H3,(H,30,31)(H,32,33). The van der Waals surface area contributed by atoms with Crippen LogP contribution in [0.15, 0.2) is 47.4 Å². The topological polar surface area (TPSA) is 99.6 Å². The summed E-state index contributed by atoms with van der Waals surface area (Å²) >= 11 is 12.5. The fraction of sp³-hybridized carbons (Fsp3) is 0.217. The Balaban J connectivity index is 2.04. The van der Waals surface area contributed by atoms with Gasteiger partial charge >= 0.3 is 12.1 Å². The fourth-order valence-electron chi connectivity index (χ4n) is 3.52. The number of aromatic amines is 1. The SMILES string of the molecule is Cc1cc(C(O)(C(C)c2ccc(Oc3ccc(C(=O)O)c(F)c3)c(Cl)c2Cl)C(F)(F)F)c[nH]c1=O. The van der Waals surface area contributed by atoms with Gasteiger partial charge in [0.25, 0.3) is 5.56 Å². The van der Waals surface area contributed by atoms with Crippen LogP contribution in [0.4, 0.5) is 17.6 Å². The molecule has 0 aliphatic heterocycles. The molecule has 0 bridgehead atoms. The predicted molar refractivity (Wildman–Crippen MR) is 120 cm³/mol. The minimum atomic E-state index is -5.18. The Morgan fingerprint density at radius 3 is 2.31 bits per heavy atom. The molecule has 2 aromatic carbocycles. The van der Waals surface area contributed by atoms with Crippen LogP contribution in [0.2, 0.25) is 10.0 Å². The summed E-state index contributed by atoms with van der Waals surface area (Å²) in [6.45, 7) is 2.39. The molecule has 2 unspecified atom stereocenters. The highest BCUT2D eigenvalue weighted by Crippen LogP contribution is 2.51. The van der Waals surface area contributed by atoms with Crippen molar-refractivity contribution in [3.8, 4) is 11.5 Å². The van der Waals surface area contributed by atoms with E-state index in [2.05, 4.69) is 4.98 Å². The second kappa shape index (κ2) is 9.52. The molecule has 3 rings (SSSR count). The van der Waals surface area contributed by atoms with Crippen molar-refractivity contribution in [1.29, 1.82) is 0 Å². The molecule has 0 radical (unpaired) electrons. The van der Waals surface area contributed by atoms with Crippen molar-refractivity contribution in [2.45, 2.75) is 31.5 Å². The number of carboxylic acids is 1. The van der Waals surface area contributed by atoms with Gasteiger partial charge in [0.15, 0.2) is 5.60 Å². The van der Waals surface area contributed by atoms with Gasteiger partial charge in [0.05, 0.1) is 10.6 Å². The molecule has 0 amide bonds. The van der Waals surface area contributed by atoms with Crippen LogP contribution >= 0.6 is 23.2 Å². The second-order valence-corrected chi connectivity index (χ2v) is 8.47. The van der Waals surface area contributed by atoms with Crippen molar-refractivity contribution in [2.24, 2.45) is 0 Å². The Kier molecular flexibility index (Phi) is 7.21. The summed E-state index contributed by atoms with van der Waals surface area (Å²) < 4.78 is 61.9. The number of aryl methyl sites for hydroxylation is 1. The van der Waals surface area contributed by atoms with Crippen LogP contribution in [0.5, 0.6) is 11.5 Å². The number of aliphatic hydroxyl groups is 1. The Labute approximate surface area is 205 Å². The smallest absolute Gasteiger partial charge is 0.422 e. The van der Waals surface area contributed by atoms with Crippen LogP contribution < -0.4 is 10.3 Å². The molecule has 0 saturated heterocycles. The van der Waals surface area contributed by atoms with E-state index in [9.17, 15) is 32.3 Å². The molecule has 3 N–H and O–H groups in total. The number of pyridine rings is 1. The van der Waals surface area contributed by atoms with E-state index in [0.29, 0.717) is 0 Å². The maximum atomic E-state index is 14.2. The lowest BCUT2D eigenvalue weighted by Crippen LogP contribution is -2.47. The number of carboxylic acid groups (broad SMARTS) is 1. The molecule has 1 aromatic heterocycles. The molecule has 35 heavy (non-hydrogen) atoms. The molecule has 0 fully saturated rings. The zero-order valence-corrected chi connectivity index (χ0v) is 19.5. The summed E-state index contributed by atoms with van der Waals surface area (Å²) in [5, 5.41) is 19.1. The molecule has 0 spiro atoms. The first kappa shape index (κ1) is 26.5. The molecule has 0 saturated carbocycles. The third-order valence-corrected chi connectivity index (χ3v) is 6.41. The Morgan fingerprint density at radius 2 is 1.77 bits per heavy atom. The van der Waals surface area contributed by atoms with Crippen molar-refractivity contribution in [2.75, 3.05) is 0 Å². The van der Waals surface area contributed by atoms with Gasteiger partial charge in [-0.3, -0.25) is 4.79 Å². The number of H-pyrrole nitrogens is 1. The lowest BCUT2D eigenvalue weighted by atomic mass is 9.78. The van der Waals surface area contributed by atoms with Gasteiger partial charge in [-0.05, 0) is 36.8 Å². The third kappa shape index (κ3) is 4.86. The van der Waals surface area contributed by atoms with Gasteiger partial charge in [-0.25, -0.2) is 9.18 Å². The van der Waals surface area contributed by atoms with Crippen molar-refractivity contribution >= 4 is 29.2 Å². The third-order valence-electron chi connectivity index (χ3n) is 5.53. The molecular formula is C23H17Cl2F4NO5. The Bertz CT molecular complexity index is 1360. The monoisotopic (exact) mass is 533 g/mol. The first-order valence-corrected chi connectivity index (χ1v) is 10.6. The average molecular weight is 534 g/mol. The van der Waals surface area contributed by atoms with E-state index in [1.54, 1.807) is 0 Å². The van der Waals surface area contributed by atoms with Gasteiger partial charge in [0.1, 0.15) is 22.3 Å². The quantitative estimate of drug-likeness (QED) is 0.329. The van der Waals surface area contributed by atoms with E-state index in [4.69, 9.17) is 33.0 Å². The van der Waals surface area contributed by atoms with Crippen LogP contribution in [-0.4, -0.2) is 27.3 Å². The van der Waals surface area contributed by atoms with Crippen molar-refractivity contribution in [3.05, 3.63) is 91.1 Å². The van der Waals surface area contributed by atoms with Crippen molar-refractivity contribution in [3.63, 3.8) is 0 Å². The van der Waals surface area contributed by atoms with Crippen molar-refractivity contribution < 1.29 is 37.3 Å². The highest BCUT2D eigenvalue weighted by molar-refractivity contribution is 6.43. The number of carbonyl (C=O) groups is 1. The van der Waals surface area contributed by atoms with Gasteiger partial charge in [-0.15, -0.1) is 0 Å². The molecule has 2 atom stereocenters. The van der Waals surface area contributed by atoms with E-state index in [0.717, 1.165) is 43.5 Å². The van der Waals surface area contributed by atoms with E-state index < -0.39 is 46.2 Å². The maximum Gasteiger partial charge on any atom is 0.422 e. The lowest BCUT2D eigenvalue weighted by Gasteiger charge is -2.37. The van der Waals surface area contributed by atoms with Gasteiger partial charge in [-0.2, -0.15) is 13.2 Å². The van der Waals surface area contributed by atoms with Gasteiger partial charge in [0.2, 0.25) is 0 Å². The highest BCUT2D eigenvalue weighted by Gasteiger charge is 2.59. The number of benzene rings is 2. The molecule has 3 aromatic rings. The number of hydrogen-bond acceptors (Lipinski definition) is 4. The number of aromatic nitrogens is 1. The Hall–Kier alpha value is -3.08. The summed E-state index contributed by atoms with van der Waals surface area (Å²) in [6, 6.07) is 6.20. The first-order valence-electron chi connectivity index (χ1n) is 9.86. The number of ether oxygens (including phenoxy) is 1. The van der Waals surface area contributed by atoms with Crippen LogP contribution in [0.25, 0.3) is 0 Å². The number of alkyl halides is 3. The second-order valence-electron chi connectivity index (χ2n) is 7.72. The summed E-state index contributed by atoms with van der Waals surface area (Å²) in [6.07, 6.45) is -4.40. The normalized spacial score (nSPS) is 14.3. The molecule has 12 heteroatoms. The largest absolute Gasteiger partial charge is 0.478 e. The Morgan fingerprint density at radius 1 is 1.11 bits per heavy atom. The first-order chi connectivity index (χ1) is 16.2. The maximum absolute atomic E-state index is 14.2. The molecule has 0 aliphatic rings. The minimum Gasteiger partial charge on any atom is -0.478 e. The minimum absolute atomic E-state index is 0.0357. The zero-order chi connectivity index (χ0) is 26.3. The average Bonchev–Trinajstić information content (AvgIpc) is 2.77. The van der Waals surface area contributed by atoms with Gasteiger partial charge < -0.3 is 19.9 Å². The van der Waals surface area contributed by atoms with E-state index in [1.165, 1.54) is 13.0 Å². The van der Waals surface area contributed by atoms with Crippen LogP contribution in [0.1, 0.15) is 39.9 Å². The van der Waals surface area contributed by atoms with E-state index in [1.807, 2.05) is 0 Å². The van der Waals surface area contributed by atoms with E-state index >= 15 is 0 Å². The molecule has 0 aliphatic carbocycles. The highest BCUT2D eigenvalue weighted by atomic mass is 35.5. The fourth-order valence-corrected chi connectivity index (χ4v) is 4.05. The van der Waals surface area contributed by atoms with Gasteiger partial charge in [-0.1, -0.05) is 36.2 Å². The zero-order valence-electron chi connectivity index (χ0n) is 18.0. The lowest BCUT2D eigenvalue weighted by molar-refractivity contribution is -0.274. The molecular weight excluding hydrogens is 517 g/mol. The summed E-state index contributed by atoms with van der Waals surface area (Å²) in [4.78, 5) is 24.7. The molecule has 6 nitrogen and oxygen atoms in total. The van der Waals surface area contributed by atoms with Gasteiger partial charge in [0, 0.05) is 29.3 Å². The number of aromatic carboxylic acids is 1. The number of rotatable bonds is 6. The van der Waals surface area contributed by atoms with Crippen LogP contribution in [0, 0.1) is 12.7 Å². The summed E-state index contributed by atoms with van der Waals surface area (Å²) in [5.74, 6) is -4.54. The van der Waals surface area contributed by atoms with Crippen molar-refractivity contribution in [1.82, 2.24) is 4.98 Å². The molecule has 186 valence electrons. The number of halogens is 6. The van der Waals surface area contributed by atoms with Crippen LogP contribution in [0.3, 0.4) is 0 Å². The number of nitrogens with one attached hydrogen (secondary N) is 1. The number of hydrogen-bond donors (Lipinski definition) is 3. The molecule has 1 heterocycles. The summed E-state index contributed by atoms with van der Waals surface area (Å²) in [5.41, 5.74) is -5.47.